The summed E-state index contributed by atoms with van der Waals surface area (Å²) in [7, 11) is 0. The molecule has 88 valence electrons. The highest BCUT2D eigenvalue weighted by Crippen LogP contribution is 2.27. The molecule has 0 bridgehead atoms. The van der Waals surface area contributed by atoms with Crippen LogP contribution in [0.5, 0.6) is 0 Å². The first-order valence-electron chi connectivity index (χ1n) is 5.88. The van der Waals surface area contributed by atoms with Crippen molar-refractivity contribution in [2.45, 2.75) is 31.5 Å². The molecule has 3 atom stereocenters. The monoisotopic (exact) mass is 216 g/mol. The fourth-order valence-corrected chi connectivity index (χ4v) is 2.59. The first-order chi connectivity index (χ1) is 7.16. The molecule has 3 nitrogen and oxygen atoms in total. The van der Waals surface area contributed by atoms with Crippen molar-refractivity contribution >= 4 is 0 Å². The van der Waals surface area contributed by atoms with E-state index in [-0.39, 0.29) is 6.10 Å². The van der Waals surface area contributed by atoms with Crippen molar-refractivity contribution in [2.75, 3.05) is 32.8 Å². The molecule has 2 unspecified atom stereocenters. The average molecular weight is 216 g/mol. The van der Waals surface area contributed by atoms with Crippen molar-refractivity contribution in [3.63, 3.8) is 0 Å². The fourth-order valence-electron chi connectivity index (χ4n) is 2.59. The predicted octanol–water partition coefficient (Wildman–Crippen LogP) is 0.703. The van der Waals surface area contributed by atoms with Crippen LogP contribution >= 0.6 is 0 Å². The van der Waals surface area contributed by atoms with Gasteiger partial charge in [-0.05, 0) is 32.2 Å². The van der Waals surface area contributed by atoms with E-state index in [1.807, 2.05) is 0 Å². The normalized spacial score (nSPS) is 42.8. The van der Waals surface area contributed by atoms with Gasteiger partial charge in [-0.25, -0.2) is 4.39 Å². The van der Waals surface area contributed by atoms with Crippen LogP contribution in [0.25, 0.3) is 0 Å². The fraction of sp³-hybridized carbons (Fsp3) is 1.00. The Labute approximate surface area is 90.8 Å². The largest absolute Gasteiger partial charge is 0.376 e. The summed E-state index contributed by atoms with van der Waals surface area (Å²) >= 11 is 0. The number of nitrogens with one attached hydrogen (secondary N) is 2. The molecule has 0 aromatic heterocycles. The first-order valence-corrected chi connectivity index (χ1v) is 5.88. The lowest BCUT2D eigenvalue weighted by Gasteiger charge is -2.35. The summed E-state index contributed by atoms with van der Waals surface area (Å²) in [6.45, 7) is 5.76. The van der Waals surface area contributed by atoms with Gasteiger partial charge in [0.05, 0.1) is 12.7 Å². The molecular formula is C11H21FN2O. The Morgan fingerprint density at radius 1 is 1.40 bits per heavy atom. The smallest absolute Gasteiger partial charge is 0.120 e. The third-order valence-electron chi connectivity index (χ3n) is 3.24. The molecule has 0 aromatic carbocycles. The number of alkyl halides is 1. The molecule has 0 radical (unpaired) electrons. The molecular weight excluding hydrogens is 195 g/mol. The third kappa shape index (κ3) is 3.40. The van der Waals surface area contributed by atoms with Crippen LogP contribution in [0.3, 0.4) is 0 Å². The van der Waals surface area contributed by atoms with E-state index in [0.29, 0.717) is 18.9 Å². The number of piperidine rings is 1. The topological polar surface area (TPSA) is 33.3 Å². The lowest BCUT2D eigenvalue weighted by molar-refractivity contribution is 0.00128. The van der Waals surface area contributed by atoms with Crippen molar-refractivity contribution in [3.8, 4) is 0 Å². The van der Waals surface area contributed by atoms with E-state index in [0.717, 1.165) is 32.7 Å². The van der Waals surface area contributed by atoms with Crippen molar-refractivity contribution in [1.29, 1.82) is 0 Å². The lowest BCUT2D eigenvalue weighted by Crippen LogP contribution is -2.47. The van der Waals surface area contributed by atoms with Gasteiger partial charge in [-0.3, -0.25) is 0 Å². The highest BCUT2D eigenvalue weighted by atomic mass is 19.1. The summed E-state index contributed by atoms with van der Waals surface area (Å²) in [6.07, 6.45) is 1.92. The van der Waals surface area contributed by atoms with E-state index in [2.05, 4.69) is 10.6 Å². The minimum Gasteiger partial charge on any atom is -0.376 e. The molecule has 4 heteroatoms. The van der Waals surface area contributed by atoms with Crippen LogP contribution in [0.15, 0.2) is 0 Å². The summed E-state index contributed by atoms with van der Waals surface area (Å²) < 4.78 is 19.4. The molecule has 2 saturated heterocycles. The molecule has 0 spiro atoms. The van der Waals surface area contributed by atoms with Crippen LogP contribution in [0, 0.1) is 5.92 Å². The maximum atomic E-state index is 13.8. The van der Waals surface area contributed by atoms with Gasteiger partial charge in [-0.15, -0.1) is 0 Å². The molecule has 0 aromatic rings. The van der Waals surface area contributed by atoms with Crippen LogP contribution in [0.2, 0.25) is 0 Å². The standard InChI is InChI=1S/C11H21FN2O/c1-11(12)5-9(6-14-8-11)4-10-7-13-2-3-15-10/h9-10,13-14H,2-8H2,1H3/t9?,10?,11-/m0/s1. The molecule has 2 rings (SSSR count). The SMILES string of the molecule is C[C@@]1(F)CNCC(CC2CNCCO2)C1. The number of ether oxygens (including phenoxy) is 1. The molecule has 2 N–H and O–H groups in total. The van der Waals surface area contributed by atoms with Gasteiger partial charge in [0.2, 0.25) is 0 Å². The van der Waals surface area contributed by atoms with E-state index in [9.17, 15) is 4.39 Å². The number of hydrogen-bond acceptors (Lipinski definition) is 3. The van der Waals surface area contributed by atoms with Gasteiger partial charge in [0.25, 0.3) is 0 Å². The molecule has 2 heterocycles. The van der Waals surface area contributed by atoms with E-state index in [4.69, 9.17) is 4.74 Å². The maximum absolute atomic E-state index is 13.8. The van der Waals surface area contributed by atoms with Crippen molar-refractivity contribution < 1.29 is 9.13 Å². The third-order valence-corrected chi connectivity index (χ3v) is 3.24. The Hall–Kier alpha value is -0.190. The van der Waals surface area contributed by atoms with Crippen LogP contribution in [-0.4, -0.2) is 44.6 Å². The van der Waals surface area contributed by atoms with Gasteiger partial charge in [0.1, 0.15) is 5.67 Å². The molecule has 2 aliphatic heterocycles. The van der Waals surface area contributed by atoms with E-state index < -0.39 is 5.67 Å². The Balaban J connectivity index is 1.78. The number of hydrogen-bond donors (Lipinski definition) is 2. The Morgan fingerprint density at radius 3 is 2.93 bits per heavy atom. The van der Waals surface area contributed by atoms with E-state index in [1.165, 1.54) is 0 Å². The van der Waals surface area contributed by atoms with Crippen molar-refractivity contribution in [3.05, 3.63) is 0 Å². The van der Waals surface area contributed by atoms with Gasteiger partial charge in [0.15, 0.2) is 0 Å². The van der Waals surface area contributed by atoms with Gasteiger partial charge >= 0.3 is 0 Å². The van der Waals surface area contributed by atoms with Crippen molar-refractivity contribution in [2.24, 2.45) is 5.92 Å². The van der Waals surface area contributed by atoms with Gasteiger partial charge in [-0.2, -0.15) is 0 Å². The molecule has 2 aliphatic rings. The summed E-state index contributed by atoms with van der Waals surface area (Å²) in [5, 5.41) is 6.47. The van der Waals surface area contributed by atoms with E-state index in [1.54, 1.807) is 6.92 Å². The summed E-state index contributed by atoms with van der Waals surface area (Å²) in [5.41, 5.74) is -1.04. The number of rotatable bonds is 2. The van der Waals surface area contributed by atoms with Crippen LogP contribution < -0.4 is 10.6 Å². The highest BCUT2D eigenvalue weighted by Gasteiger charge is 2.33. The second-order valence-electron chi connectivity index (χ2n) is 5.05. The molecule has 2 fully saturated rings. The zero-order valence-electron chi connectivity index (χ0n) is 9.39. The number of halogens is 1. The minimum absolute atomic E-state index is 0.277. The van der Waals surface area contributed by atoms with Gasteiger partial charge in [-0.1, -0.05) is 0 Å². The summed E-state index contributed by atoms with van der Waals surface area (Å²) in [5.74, 6) is 0.415. The highest BCUT2D eigenvalue weighted by molar-refractivity contribution is 4.87. The lowest BCUT2D eigenvalue weighted by atomic mass is 9.86. The Bertz CT molecular complexity index is 205. The van der Waals surface area contributed by atoms with Crippen molar-refractivity contribution in [1.82, 2.24) is 10.6 Å². The Morgan fingerprint density at radius 2 is 2.27 bits per heavy atom. The quantitative estimate of drug-likeness (QED) is 0.713. The molecule has 0 aliphatic carbocycles. The minimum atomic E-state index is -1.04. The van der Waals surface area contributed by atoms with E-state index >= 15 is 0 Å². The Kier molecular flexibility index (Phi) is 3.59. The first kappa shape index (κ1) is 11.3. The summed E-state index contributed by atoms with van der Waals surface area (Å²) in [4.78, 5) is 0. The molecule has 0 saturated carbocycles. The van der Waals surface area contributed by atoms with Gasteiger partial charge < -0.3 is 15.4 Å². The second-order valence-corrected chi connectivity index (χ2v) is 5.05. The maximum Gasteiger partial charge on any atom is 0.120 e. The average Bonchev–Trinajstić information content (AvgIpc) is 2.17. The zero-order chi connectivity index (χ0) is 10.7. The second kappa shape index (κ2) is 4.76. The predicted molar refractivity (Wildman–Crippen MR) is 57.7 cm³/mol. The molecule has 15 heavy (non-hydrogen) atoms. The van der Waals surface area contributed by atoms with Crippen LogP contribution in [0.1, 0.15) is 19.8 Å². The van der Waals surface area contributed by atoms with Crippen LogP contribution in [0.4, 0.5) is 4.39 Å². The molecule has 0 amide bonds. The number of morpholine rings is 1. The summed E-state index contributed by atoms with van der Waals surface area (Å²) in [6, 6.07) is 0. The van der Waals surface area contributed by atoms with Gasteiger partial charge in [0, 0.05) is 19.6 Å². The van der Waals surface area contributed by atoms with Crippen LogP contribution in [-0.2, 0) is 4.74 Å². The zero-order valence-corrected chi connectivity index (χ0v) is 9.39.